The van der Waals surface area contributed by atoms with E-state index in [0.717, 1.165) is 25.8 Å². The summed E-state index contributed by atoms with van der Waals surface area (Å²) < 4.78 is 4.66. The Bertz CT molecular complexity index is 220. The summed E-state index contributed by atoms with van der Waals surface area (Å²) in [6.45, 7) is 2.92. The van der Waals surface area contributed by atoms with Gasteiger partial charge in [0, 0.05) is 12.5 Å². The molecule has 0 aromatic heterocycles. The Labute approximate surface area is 90.4 Å². The Kier molecular flexibility index (Phi) is 5.32. The van der Waals surface area contributed by atoms with Crippen LogP contribution in [0.2, 0.25) is 0 Å². The van der Waals surface area contributed by atoms with Gasteiger partial charge in [-0.25, -0.2) is 4.79 Å². The van der Waals surface area contributed by atoms with E-state index in [0.29, 0.717) is 0 Å². The molecule has 1 rings (SSSR count). The molecule has 0 aromatic rings. The average molecular weight is 213 g/mol. The molecule has 4 nitrogen and oxygen atoms in total. The van der Waals surface area contributed by atoms with Crippen molar-refractivity contribution in [2.45, 2.75) is 45.1 Å². The van der Waals surface area contributed by atoms with Gasteiger partial charge in [0.05, 0.1) is 6.61 Å². The van der Waals surface area contributed by atoms with Crippen LogP contribution in [0.3, 0.4) is 0 Å². The van der Waals surface area contributed by atoms with Crippen molar-refractivity contribution in [3.05, 3.63) is 0 Å². The standard InChI is InChI=1S/C11H19NO3/c1-2-15-11(14)10(13)8-9-6-4-3-5-7-12-9/h9,12H,2-8H2,1H3. The number of nitrogens with one attached hydrogen (secondary N) is 1. The number of carbonyl (C=O) groups excluding carboxylic acids is 2. The van der Waals surface area contributed by atoms with Crippen LogP contribution in [0, 0.1) is 0 Å². The van der Waals surface area contributed by atoms with Gasteiger partial charge < -0.3 is 10.1 Å². The fourth-order valence-electron chi connectivity index (χ4n) is 1.79. The molecule has 15 heavy (non-hydrogen) atoms. The molecular formula is C11H19NO3. The van der Waals surface area contributed by atoms with E-state index in [1.807, 2.05) is 0 Å². The summed E-state index contributed by atoms with van der Waals surface area (Å²) in [4.78, 5) is 22.5. The van der Waals surface area contributed by atoms with Crippen LogP contribution in [0.1, 0.15) is 39.0 Å². The topological polar surface area (TPSA) is 55.4 Å². The maximum Gasteiger partial charge on any atom is 0.374 e. The second-order valence-corrected chi connectivity index (χ2v) is 3.85. The highest BCUT2D eigenvalue weighted by molar-refractivity contribution is 6.33. The third-order valence-corrected chi connectivity index (χ3v) is 2.60. The van der Waals surface area contributed by atoms with E-state index in [1.165, 1.54) is 6.42 Å². The third-order valence-electron chi connectivity index (χ3n) is 2.60. The minimum Gasteiger partial charge on any atom is -0.460 e. The van der Waals surface area contributed by atoms with E-state index in [2.05, 4.69) is 10.1 Å². The number of hydrogen-bond acceptors (Lipinski definition) is 4. The van der Waals surface area contributed by atoms with Gasteiger partial charge in [0.15, 0.2) is 0 Å². The van der Waals surface area contributed by atoms with Crippen molar-refractivity contribution < 1.29 is 14.3 Å². The van der Waals surface area contributed by atoms with E-state index < -0.39 is 11.8 Å². The summed E-state index contributed by atoms with van der Waals surface area (Å²) in [6, 6.07) is 0.157. The van der Waals surface area contributed by atoms with E-state index in [1.54, 1.807) is 6.92 Å². The second kappa shape index (κ2) is 6.56. The zero-order valence-corrected chi connectivity index (χ0v) is 9.25. The van der Waals surface area contributed by atoms with E-state index in [9.17, 15) is 9.59 Å². The summed E-state index contributed by atoms with van der Waals surface area (Å²) in [5.41, 5.74) is 0. The molecule has 0 aromatic carbocycles. The maximum absolute atomic E-state index is 11.4. The monoisotopic (exact) mass is 213 g/mol. The fourth-order valence-corrected chi connectivity index (χ4v) is 1.79. The van der Waals surface area contributed by atoms with E-state index in [-0.39, 0.29) is 19.1 Å². The first-order valence-corrected chi connectivity index (χ1v) is 5.67. The van der Waals surface area contributed by atoms with E-state index in [4.69, 9.17) is 0 Å². The number of hydrogen-bond donors (Lipinski definition) is 1. The van der Waals surface area contributed by atoms with Crippen molar-refractivity contribution in [1.29, 1.82) is 0 Å². The molecule has 1 aliphatic rings. The molecule has 1 fully saturated rings. The van der Waals surface area contributed by atoms with Crippen LogP contribution < -0.4 is 5.32 Å². The van der Waals surface area contributed by atoms with Gasteiger partial charge in [-0.1, -0.05) is 12.8 Å². The van der Waals surface area contributed by atoms with Crippen LogP contribution in [-0.4, -0.2) is 30.9 Å². The fraction of sp³-hybridized carbons (Fsp3) is 0.818. The number of esters is 1. The second-order valence-electron chi connectivity index (χ2n) is 3.85. The van der Waals surface area contributed by atoms with Crippen LogP contribution in [-0.2, 0) is 14.3 Å². The molecule has 1 N–H and O–H groups in total. The van der Waals surface area contributed by atoms with Gasteiger partial charge in [-0.3, -0.25) is 4.79 Å². The molecule has 0 radical (unpaired) electrons. The van der Waals surface area contributed by atoms with Gasteiger partial charge in [0.1, 0.15) is 0 Å². The van der Waals surface area contributed by atoms with Crippen LogP contribution in [0.4, 0.5) is 0 Å². The molecule has 1 unspecified atom stereocenters. The van der Waals surface area contributed by atoms with Crippen molar-refractivity contribution in [2.24, 2.45) is 0 Å². The number of ether oxygens (including phenoxy) is 1. The first kappa shape index (κ1) is 12.2. The highest BCUT2D eigenvalue weighted by Gasteiger charge is 2.21. The molecule has 0 aliphatic carbocycles. The van der Waals surface area contributed by atoms with Crippen LogP contribution in [0.25, 0.3) is 0 Å². The zero-order chi connectivity index (χ0) is 11.1. The minimum atomic E-state index is -0.691. The van der Waals surface area contributed by atoms with Gasteiger partial charge in [-0.05, 0) is 26.3 Å². The highest BCUT2D eigenvalue weighted by atomic mass is 16.5. The molecule has 1 atom stereocenters. The first-order valence-electron chi connectivity index (χ1n) is 5.67. The maximum atomic E-state index is 11.4. The van der Waals surface area contributed by atoms with Gasteiger partial charge in [-0.2, -0.15) is 0 Å². The van der Waals surface area contributed by atoms with E-state index >= 15 is 0 Å². The Morgan fingerprint density at radius 3 is 2.87 bits per heavy atom. The Morgan fingerprint density at radius 1 is 1.33 bits per heavy atom. The smallest absolute Gasteiger partial charge is 0.374 e. The summed E-state index contributed by atoms with van der Waals surface area (Å²) in [5.74, 6) is -1.10. The number of rotatable bonds is 4. The SMILES string of the molecule is CCOC(=O)C(=O)CC1CCCCCN1. The largest absolute Gasteiger partial charge is 0.460 e. The van der Waals surface area contributed by atoms with Gasteiger partial charge in [-0.15, -0.1) is 0 Å². The third kappa shape index (κ3) is 4.42. The minimum absolute atomic E-state index is 0.157. The number of Topliss-reactive ketones (excluding diaryl/α,β-unsaturated/α-hetero) is 1. The van der Waals surface area contributed by atoms with Crippen molar-refractivity contribution in [3.8, 4) is 0 Å². The van der Waals surface area contributed by atoms with Crippen LogP contribution >= 0.6 is 0 Å². The molecule has 0 saturated carbocycles. The molecule has 0 amide bonds. The van der Waals surface area contributed by atoms with Crippen molar-refractivity contribution in [1.82, 2.24) is 5.32 Å². The lowest BCUT2D eigenvalue weighted by Crippen LogP contribution is -2.33. The summed E-state index contributed by atoms with van der Waals surface area (Å²) >= 11 is 0. The van der Waals surface area contributed by atoms with Crippen molar-refractivity contribution in [2.75, 3.05) is 13.2 Å². The molecule has 4 heteroatoms. The highest BCUT2D eigenvalue weighted by Crippen LogP contribution is 2.11. The summed E-state index contributed by atoms with van der Waals surface area (Å²) in [5, 5.41) is 3.28. The normalized spacial score (nSPS) is 21.8. The zero-order valence-electron chi connectivity index (χ0n) is 9.25. The van der Waals surface area contributed by atoms with Gasteiger partial charge in [0.2, 0.25) is 5.78 Å². The van der Waals surface area contributed by atoms with Crippen molar-refractivity contribution >= 4 is 11.8 Å². The summed E-state index contributed by atoms with van der Waals surface area (Å²) in [7, 11) is 0. The molecule has 1 saturated heterocycles. The van der Waals surface area contributed by atoms with Crippen LogP contribution in [0.5, 0.6) is 0 Å². The molecule has 0 bridgehead atoms. The predicted molar refractivity (Wildman–Crippen MR) is 56.5 cm³/mol. The molecule has 1 aliphatic heterocycles. The van der Waals surface area contributed by atoms with Gasteiger partial charge >= 0.3 is 5.97 Å². The first-order chi connectivity index (χ1) is 7.24. The molecule has 86 valence electrons. The molecule has 1 heterocycles. The number of carbonyl (C=O) groups is 2. The Hall–Kier alpha value is -0.900. The lowest BCUT2D eigenvalue weighted by molar-refractivity contribution is -0.153. The Balaban J connectivity index is 2.32. The number of ketones is 1. The van der Waals surface area contributed by atoms with Crippen LogP contribution in [0.15, 0.2) is 0 Å². The molecule has 0 spiro atoms. The average Bonchev–Trinajstić information content (AvgIpc) is 2.46. The van der Waals surface area contributed by atoms with Gasteiger partial charge in [0.25, 0.3) is 0 Å². The summed E-state index contributed by atoms with van der Waals surface area (Å²) in [6.07, 6.45) is 4.75. The lowest BCUT2D eigenvalue weighted by atomic mass is 10.1. The quantitative estimate of drug-likeness (QED) is 0.560. The predicted octanol–water partition coefficient (Wildman–Crippen LogP) is 1.04. The van der Waals surface area contributed by atoms with Crippen molar-refractivity contribution in [3.63, 3.8) is 0 Å². The molecular weight excluding hydrogens is 194 g/mol. The Morgan fingerprint density at radius 2 is 2.13 bits per heavy atom. The lowest BCUT2D eigenvalue weighted by Gasteiger charge is -2.13.